The lowest BCUT2D eigenvalue weighted by molar-refractivity contribution is -0.122. The minimum absolute atomic E-state index is 0.00953. The Bertz CT molecular complexity index is 483. The molecule has 1 aromatic carbocycles. The minimum atomic E-state index is -0.594. The van der Waals surface area contributed by atoms with E-state index in [1.54, 1.807) is 19.0 Å². The molecular formula is C17H26F2N2O. The molecule has 5 heteroatoms. The molecule has 0 aliphatic carbocycles. The van der Waals surface area contributed by atoms with Gasteiger partial charge in [-0.3, -0.25) is 4.79 Å². The normalized spacial score (nSPS) is 14.2. The molecule has 124 valence electrons. The van der Waals surface area contributed by atoms with Crippen LogP contribution in [-0.4, -0.2) is 31.4 Å². The number of nitrogens with zero attached hydrogens (tertiary/aromatic N) is 1. The molecule has 0 bridgehead atoms. The molecule has 2 atom stereocenters. The van der Waals surface area contributed by atoms with Gasteiger partial charge in [-0.15, -0.1) is 0 Å². The van der Waals surface area contributed by atoms with Gasteiger partial charge < -0.3 is 10.2 Å². The number of carbonyl (C=O) groups is 1. The Balaban J connectivity index is 2.76. The van der Waals surface area contributed by atoms with Crippen LogP contribution in [0.2, 0.25) is 0 Å². The lowest BCUT2D eigenvalue weighted by atomic mass is 9.94. The van der Waals surface area contributed by atoms with Gasteiger partial charge in [-0.05, 0) is 38.1 Å². The molecule has 0 aliphatic heterocycles. The molecule has 0 aromatic heterocycles. The molecule has 22 heavy (non-hydrogen) atoms. The minimum Gasteiger partial charge on any atom is -0.354 e. The molecule has 0 saturated heterocycles. The molecule has 2 unspecified atom stereocenters. The molecule has 0 spiro atoms. The van der Waals surface area contributed by atoms with Gasteiger partial charge in [-0.1, -0.05) is 26.8 Å². The first-order valence-electron chi connectivity index (χ1n) is 7.61. The Morgan fingerprint density at radius 3 is 2.18 bits per heavy atom. The Labute approximate surface area is 131 Å². The third-order valence-electron chi connectivity index (χ3n) is 4.09. The van der Waals surface area contributed by atoms with Gasteiger partial charge in [0.2, 0.25) is 5.91 Å². The SMILES string of the molecule is CC(C)C(C)CC(=O)NCC(c1c(F)cccc1F)N(C)C. The second-order valence-electron chi connectivity index (χ2n) is 6.34. The predicted molar refractivity (Wildman–Crippen MR) is 84.4 cm³/mol. The number of halogens is 2. The van der Waals surface area contributed by atoms with Crippen molar-refractivity contribution in [1.29, 1.82) is 0 Å². The van der Waals surface area contributed by atoms with E-state index in [-0.39, 0.29) is 23.9 Å². The van der Waals surface area contributed by atoms with Gasteiger partial charge in [-0.25, -0.2) is 8.78 Å². The number of hydrogen-bond donors (Lipinski definition) is 1. The van der Waals surface area contributed by atoms with E-state index >= 15 is 0 Å². The van der Waals surface area contributed by atoms with E-state index in [1.165, 1.54) is 18.2 Å². The van der Waals surface area contributed by atoms with E-state index in [0.29, 0.717) is 12.3 Å². The van der Waals surface area contributed by atoms with Gasteiger partial charge in [-0.2, -0.15) is 0 Å². The largest absolute Gasteiger partial charge is 0.354 e. The van der Waals surface area contributed by atoms with Crippen LogP contribution in [0.1, 0.15) is 38.8 Å². The number of hydrogen-bond acceptors (Lipinski definition) is 2. The first kappa shape index (κ1) is 18.6. The molecule has 3 nitrogen and oxygen atoms in total. The first-order chi connectivity index (χ1) is 10.2. The first-order valence-corrected chi connectivity index (χ1v) is 7.61. The van der Waals surface area contributed by atoms with Crippen molar-refractivity contribution >= 4 is 5.91 Å². The highest BCUT2D eigenvalue weighted by Crippen LogP contribution is 2.24. The summed E-state index contributed by atoms with van der Waals surface area (Å²) in [6, 6.07) is 3.26. The summed E-state index contributed by atoms with van der Waals surface area (Å²) >= 11 is 0. The number of nitrogens with one attached hydrogen (secondary N) is 1. The van der Waals surface area contributed by atoms with Crippen molar-refractivity contribution < 1.29 is 13.6 Å². The molecule has 1 rings (SSSR count). The molecule has 0 saturated carbocycles. The van der Waals surface area contributed by atoms with Crippen LogP contribution in [0.25, 0.3) is 0 Å². The molecule has 1 aromatic rings. The standard InChI is InChI=1S/C17H26F2N2O/c1-11(2)12(3)9-16(22)20-10-15(21(4)5)17-13(18)7-6-8-14(17)19/h6-8,11-12,15H,9-10H2,1-5H3,(H,20,22). The van der Waals surface area contributed by atoms with Crippen LogP contribution in [-0.2, 0) is 4.79 Å². The van der Waals surface area contributed by atoms with Crippen LogP contribution >= 0.6 is 0 Å². The Morgan fingerprint density at radius 2 is 1.73 bits per heavy atom. The third-order valence-corrected chi connectivity index (χ3v) is 4.09. The number of rotatable bonds is 7. The number of amides is 1. The Kier molecular flexibility index (Phi) is 6.94. The van der Waals surface area contributed by atoms with E-state index in [9.17, 15) is 13.6 Å². The Hall–Kier alpha value is -1.49. The zero-order chi connectivity index (χ0) is 16.9. The summed E-state index contributed by atoms with van der Waals surface area (Å²) in [5.41, 5.74) is -0.00953. The van der Waals surface area contributed by atoms with Crippen LogP contribution in [0.4, 0.5) is 8.78 Å². The van der Waals surface area contributed by atoms with Crippen LogP contribution in [0, 0.1) is 23.5 Å². The van der Waals surface area contributed by atoms with Gasteiger partial charge in [0.15, 0.2) is 0 Å². The highest BCUT2D eigenvalue weighted by atomic mass is 19.1. The van der Waals surface area contributed by atoms with E-state index in [2.05, 4.69) is 19.2 Å². The number of benzene rings is 1. The van der Waals surface area contributed by atoms with Crippen molar-refractivity contribution in [3.05, 3.63) is 35.4 Å². The zero-order valence-electron chi connectivity index (χ0n) is 14.0. The average Bonchev–Trinajstić information content (AvgIpc) is 2.41. The molecule has 0 heterocycles. The fraction of sp³-hybridized carbons (Fsp3) is 0.588. The summed E-state index contributed by atoms with van der Waals surface area (Å²) in [6.45, 7) is 6.32. The van der Waals surface area contributed by atoms with E-state index < -0.39 is 17.7 Å². The van der Waals surface area contributed by atoms with Crippen LogP contribution in [0.15, 0.2) is 18.2 Å². The third kappa shape index (κ3) is 5.05. The number of likely N-dealkylation sites (N-methyl/N-ethyl adjacent to an activating group) is 1. The summed E-state index contributed by atoms with van der Waals surface area (Å²) in [4.78, 5) is 13.7. The molecule has 1 amide bonds. The average molecular weight is 312 g/mol. The van der Waals surface area contributed by atoms with Crippen LogP contribution in [0.3, 0.4) is 0 Å². The fourth-order valence-corrected chi connectivity index (χ4v) is 2.18. The van der Waals surface area contributed by atoms with Gasteiger partial charge in [0.25, 0.3) is 0 Å². The fourth-order valence-electron chi connectivity index (χ4n) is 2.18. The highest BCUT2D eigenvalue weighted by molar-refractivity contribution is 5.76. The molecule has 1 N–H and O–H groups in total. The summed E-state index contributed by atoms with van der Waals surface area (Å²) in [5.74, 6) is -0.598. The van der Waals surface area contributed by atoms with Gasteiger partial charge in [0, 0.05) is 18.5 Å². The van der Waals surface area contributed by atoms with Crippen molar-refractivity contribution in [3.63, 3.8) is 0 Å². The molecule has 0 aliphatic rings. The molecule has 0 fully saturated rings. The van der Waals surface area contributed by atoms with E-state index in [4.69, 9.17) is 0 Å². The lowest BCUT2D eigenvalue weighted by Crippen LogP contribution is -2.36. The van der Waals surface area contributed by atoms with Crippen molar-refractivity contribution in [1.82, 2.24) is 10.2 Å². The number of carbonyl (C=O) groups excluding carboxylic acids is 1. The maximum atomic E-state index is 13.9. The monoisotopic (exact) mass is 312 g/mol. The summed E-state index contributed by atoms with van der Waals surface area (Å²) in [7, 11) is 3.47. The summed E-state index contributed by atoms with van der Waals surface area (Å²) < 4.78 is 27.8. The molecule has 0 radical (unpaired) electrons. The smallest absolute Gasteiger partial charge is 0.220 e. The van der Waals surface area contributed by atoms with Crippen molar-refractivity contribution in [3.8, 4) is 0 Å². The van der Waals surface area contributed by atoms with Crippen molar-refractivity contribution in [2.24, 2.45) is 11.8 Å². The van der Waals surface area contributed by atoms with Crippen LogP contribution in [0.5, 0.6) is 0 Å². The molecular weight excluding hydrogens is 286 g/mol. The zero-order valence-corrected chi connectivity index (χ0v) is 14.0. The van der Waals surface area contributed by atoms with Gasteiger partial charge in [0.05, 0.1) is 6.04 Å². The van der Waals surface area contributed by atoms with Crippen molar-refractivity contribution in [2.45, 2.75) is 33.2 Å². The van der Waals surface area contributed by atoms with Crippen molar-refractivity contribution in [2.75, 3.05) is 20.6 Å². The lowest BCUT2D eigenvalue weighted by Gasteiger charge is -2.26. The quantitative estimate of drug-likeness (QED) is 0.837. The maximum absolute atomic E-state index is 13.9. The van der Waals surface area contributed by atoms with Gasteiger partial charge >= 0.3 is 0 Å². The van der Waals surface area contributed by atoms with E-state index in [0.717, 1.165) is 0 Å². The second kappa shape index (κ2) is 8.22. The summed E-state index contributed by atoms with van der Waals surface area (Å²) in [5, 5.41) is 2.79. The topological polar surface area (TPSA) is 32.3 Å². The predicted octanol–water partition coefficient (Wildman–Crippen LogP) is 3.37. The maximum Gasteiger partial charge on any atom is 0.220 e. The van der Waals surface area contributed by atoms with E-state index in [1.807, 2.05) is 6.92 Å². The second-order valence-corrected chi connectivity index (χ2v) is 6.34. The Morgan fingerprint density at radius 1 is 1.18 bits per heavy atom. The van der Waals surface area contributed by atoms with Gasteiger partial charge in [0.1, 0.15) is 11.6 Å². The van der Waals surface area contributed by atoms with Crippen LogP contribution < -0.4 is 5.32 Å². The summed E-state index contributed by atoms with van der Waals surface area (Å²) in [6.07, 6.45) is 0.414. The highest BCUT2D eigenvalue weighted by Gasteiger charge is 2.23.